The summed E-state index contributed by atoms with van der Waals surface area (Å²) in [5.41, 5.74) is 4.36. The van der Waals surface area contributed by atoms with Gasteiger partial charge in [-0.25, -0.2) is 0 Å². The molecule has 2 aliphatic rings. The van der Waals surface area contributed by atoms with Crippen LogP contribution in [0.2, 0.25) is 0 Å². The molecule has 2 nitrogen and oxygen atoms in total. The zero-order valence-electron chi connectivity index (χ0n) is 36.3. The van der Waals surface area contributed by atoms with E-state index in [1.54, 1.807) is 18.2 Å². The highest BCUT2D eigenvalue weighted by atomic mass is 28.3. The lowest BCUT2D eigenvalue weighted by molar-refractivity contribution is 0.419. The van der Waals surface area contributed by atoms with E-state index < -0.39 is 27.2 Å². The number of hydrogen-bond donors (Lipinski definition) is 0. The van der Waals surface area contributed by atoms with Crippen LogP contribution in [-0.2, 0) is 10.8 Å². The molecule has 9 rings (SSSR count). The highest BCUT2D eigenvalue weighted by Crippen LogP contribution is 2.52. The third kappa shape index (κ3) is 4.98. The molecule has 0 spiro atoms. The Kier molecular flexibility index (Phi) is 6.23. The Bertz CT molecular complexity index is 2720. The van der Waals surface area contributed by atoms with Crippen molar-refractivity contribution in [2.45, 2.75) is 52.2 Å². The molecule has 0 saturated heterocycles. The van der Waals surface area contributed by atoms with Crippen molar-refractivity contribution >= 4 is 28.8 Å². The van der Waals surface area contributed by atoms with E-state index >= 15 is 0 Å². The quantitative estimate of drug-likeness (QED) is 0.131. The number of aryl methyl sites for hydroxylation is 2. The summed E-state index contributed by atoms with van der Waals surface area (Å²) in [5.74, 6) is 2.49. The molecule has 0 saturated carbocycles. The number of para-hydroxylation sites is 2. The third-order valence-corrected chi connectivity index (χ3v) is 16.3. The summed E-state index contributed by atoms with van der Waals surface area (Å²) in [6.45, 7) is 3.80. The summed E-state index contributed by atoms with van der Waals surface area (Å²) in [7, 11) is -3.31. The van der Waals surface area contributed by atoms with Crippen molar-refractivity contribution in [2.24, 2.45) is 0 Å². The highest BCUT2D eigenvalue weighted by Gasteiger charge is 2.47. The summed E-state index contributed by atoms with van der Waals surface area (Å²) in [4.78, 5) is 0. The molecule has 7 aromatic rings. The molecular formula is C50H44O2Si. The first-order valence-corrected chi connectivity index (χ1v) is 20.2. The number of rotatable bonds is 5. The molecule has 0 aromatic heterocycles. The topological polar surface area (TPSA) is 18.5 Å². The monoisotopic (exact) mass is 710 g/mol. The van der Waals surface area contributed by atoms with Crippen LogP contribution < -0.4 is 30.2 Å². The summed E-state index contributed by atoms with van der Waals surface area (Å²) in [6.07, 6.45) is 0. The SMILES string of the molecule is [2H]C([2H])([2H])c1ccc2c(c1)Oc1c(ccc(C([2H])([2H])[2H])c1-c1cccc([Si](c3ccccc3)(c3ccccc3)c3cccc4c3Oc3ccccc3C4(C)C)c1)C2(C)C. The summed E-state index contributed by atoms with van der Waals surface area (Å²) in [5, 5.41) is 4.41. The fourth-order valence-corrected chi connectivity index (χ4v) is 13.8. The van der Waals surface area contributed by atoms with E-state index in [-0.39, 0.29) is 16.5 Å². The molecule has 0 radical (unpaired) electrons. The van der Waals surface area contributed by atoms with Crippen molar-refractivity contribution in [3.8, 4) is 34.1 Å². The molecule has 0 bridgehead atoms. The van der Waals surface area contributed by atoms with Crippen LogP contribution in [0, 0.1) is 13.7 Å². The van der Waals surface area contributed by atoms with Gasteiger partial charge in [-0.1, -0.05) is 173 Å². The Morgan fingerprint density at radius 3 is 1.77 bits per heavy atom. The Labute approximate surface area is 323 Å². The van der Waals surface area contributed by atoms with Crippen molar-refractivity contribution in [3.63, 3.8) is 0 Å². The van der Waals surface area contributed by atoms with E-state index in [4.69, 9.17) is 17.7 Å². The lowest BCUT2D eigenvalue weighted by Crippen LogP contribution is -2.75. The first kappa shape index (κ1) is 27.0. The van der Waals surface area contributed by atoms with Gasteiger partial charge >= 0.3 is 0 Å². The fraction of sp³-hybridized carbons (Fsp3) is 0.160. The van der Waals surface area contributed by atoms with Gasteiger partial charge in [0.05, 0.1) is 0 Å². The molecule has 0 aliphatic carbocycles. The Morgan fingerprint density at radius 1 is 0.472 bits per heavy atom. The molecule has 3 heteroatoms. The van der Waals surface area contributed by atoms with Gasteiger partial charge in [0.15, 0.2) is 8.07 Å². The maximum atomic E-state index is 8.82. The van der Waals surface area contributed by atoms with Gasteiger partial charge in [0.25, 0.3) is 0 Å². The third-order valence-electron chi connectivity index (χ3n) is 11.6. The largest absolute Gasteiger partial charge is 0.457 e. The number of ether oxygens (including phenoxy) is 2. The molecule has 2 aliphatic heterocycles. The lowest BCUT2D eigenvalue weighted by atomic mass is 9.74. The average Bonchev–Trinajstić information content (AvgIpc) is 3.21. The molecule has 0 unspecified atom stereocenters. The zero-order valence-corrected chi connectivity index (χ0v) is 31.3. The molecule has 0 fully saturated rings. The van der Waals surface area contributed by atoms with Crippen LogP contribution in [0.5, 0.6) is 23.0 Å². The molecule has 0 N–H and O–H groups in total. The standard InChI is InChI=1S/C50H44O2Si/c1-33-27-29-40-44(31-33)52-48-42(50(40,5)6)30-28-34(2)46(48)35-17-15-22-38(32-35)53(36-18-9-7-10-19-36,37-20-11-8-12-21-37)45-26-16-24-41-47(45)51-43-25-14-13-23-39(43)49(41,3)4/h7-32H,1-6H3/i1D3,2D3. The molecule has 260 valence electrons. The normalized spacial score (nSPS) is 17.0. The van der Waals surface area contributed by atoms with E-state index in [0.29, 0.717) is 22.6 Å². The Balaban J connectivity index is 1.35. The molecule has 2 heterocycles. The zero-order chi connectivity index (χ0) is 41.5. The molecule has 0 amide bonds. The van der Waals surface area contributed by atoms with Gasteiger partial charge in [-0.15, -0.1) is 0 Å². The van der Waals surface area contributed by atoms with Gasteiger partial charge in [-0.05, 0) is 63.3 Å². The molecular weight excluding hydrogens is 661 g/mol. The van der Waals surface area contributed by atoms with E-state index in [0.717, 1.165) is 54.5 Å². The fourth-order valence-electron chi connectivity index (χ4n) is 8.86. The van der Waals surface area contributed by atoms with Crippen molar-refractivity contribution < 1.29 is 17.7 Å². The van der Waals surface area contributed by atoms with Crippen LogP contribution in [0.15, 0.2) is 158 Å². The predicted octanol–water partition coefficient (Wildman–Crippen LogP) is 10.2. The smallest absolute Gasteiger partial charge is 0.184 e. The van der Waals surface area contributed by atoms with Crippen molar-refractivity contribution in [1.29, 1.82) is 0 Å². The van der Waals surface area contributed by atoms with Gasteiger partial charge < -0.3 is 9.47 Å². The Morgan fingerprint density at radius 2 is 1.06 bits per heavy atom. The van der Waals surface area contributed by atoms with Crippen molar-refractivity contribution in [1.82, 2.24) is 0 Å². The van der Waals surface area contributed by atoms with E-state index in [2.05, 4.69) is 119 Å². The second-order valence-electron chi connectivity index (χ2n) is 15.3. The lowest BCUT2D eigenvalue weighted by Gasteiger charge is -2.40. The molecule has 53 heavy (non-hydrogen) atoms. The van der Waals surface area contributed by atoms with Crippen molar-refractivity contribution in [3.05, 3.63) is 191 Å². The van der Waals surface area contributed by atoms with Crippen LogP contribution in [0.4, 0.5) is 0 Å². The highest BCUT2D eigenvalue weighted by molar-refractivity contribution is 7.20. The predicted molar refractivity (Wildman–Crippen MR) is 222 cm³/mol. The molecule has 0 atom stereocenters. The van der Waals surface area contributed by atoms with E-state index in [9.17, 15) is 0 Å². The first-order chi connectivity index (χ1) is 28.0. The van der Waals surface area contributed by atoms with Crippen LogP contribution in [-0.4, -0.2) is 8.07 Å². The minimum absolute atomic E-state index is 0.157. The van der Waals surface area contributed by atoms with Gasteiger partial charge in [-0.2, -0.15) is 0 Å². The van der Waals surface area contributed by atoms with Gasteiger partial charge in [0, 0.05) is 46.9 Å². The number of fused-ring (bicyclic) bond motifs is 4. The maximum Gasteiger partial charge on any atom is 0.184 e. The van der Waals surface area contributed by atoms with E-state index in [1.807, 2.05) is 48.5 Å². The number of benzene rings is 7. The van der Waals surface area contributed by atoms with Crippen LogP contribution in [0.1, 0.15) is 69.3 Å². The van der Waals surface area contributed by atoms with Crippen LogP contribution in [0.3, 0.4) is 0 Å². The van der Waals surface area contributed by atoms with Crippen LogP contribution >= 0.6 is 0 Å². The second kappa shape index (κ2) is 12.2. The molecule has 7 aromatic carbocycles. The summed E-state index contributed by atoms with van der Waals surface area (Å²) >= 11 is 0. The summed E-state index contributed by atoms with van der Waals surface area (Å²) in [6, 6.07) is 52.9. The minimum atomic E-state index is -3.31. The maximum absolute atomic E-state index is 8.82. The Hall–Kier alpha value is -5.64. The van der Waals surface area contributed by atoms with Gasteiger partial charge in [0.2, 0.25) is 0 Å². The van der Waals surface area contributed by atoms with Gasteiger partial charge in [-0.3, -0.25) is 0 Å². The first-order valence-electron chi connectivity index (χ1n) is 21.2. The van der Waals surface area contributed by atoms with Gasteiger partial charge in [0.1, 0.15) is 23.0 Å². The minimum Gasteiger partial charge on any atom is -0.457 e. The number of hydrogen-bond acceptors (Lipinski definition) is 2. The van der Waals surface area contributed by atoms with Crippen LogP contribution in [0.25, 0.3) is 11.1 Å². The average molecular weight is 711 g/mol. The van der Waals surface area contributed by atoms with E-state index in [1.165, 1.54) is 0 Å². The van der Waals surface area contributed by atoms with Crippen molar-refractivity contribution in [2.75, 3.05) is 0 Å². The second-order valence-corrected chi connectivity index (χ2v) is 19.0. The summed E-state index contributed by atoms with van der Waals surface area (Å²) < 4.78 is 64.7.